The highest BCUT2D eigenvalue weighted by Gasteiger charge is 2.27. The Morgan fingerprint density at radius 2 is 1.84 bits per heavy atom. The molecule has 0 bridgehead atoms. The number of nitrogens with zero attached hydrogens (tertiary/aromatic N) is 1. The summed E-state index contributed by atoms with van der Waals surface area (Å²) in [5.41, 5.74) is 0.344. The zero-order valence-electron chi connectivity index (χ0n) is 14.3. The van der Waals surface area contributed by atoms with Gasteiger partial charge in [-0.15, -0.1) is 0 Å². The largest absolute Gasteiger partial charge is 0.383 e. The van der Waals surface area contributed by atoms with E-state index in [4.69, 9.17) is 4.74 Å². The minimum Gasteiger partial charge on any atom is -0.383 e. The third kappa shape index (κ3) is 8.61. The average molecular weight is 272 g/mol. The second kappa shape index (κ2) is 9.73. The quantitative estimate of drug-likeness (QED) is 0.625. The zero-order valence-corrected chi connectivity index (χ0v) is 14.3. The number of ether oxygens (including phenoxy) is 1. The van der Waals surface area contributed by atoms with Crippen LogP contribution in [0.4, 0.5) is 0 Å². The minimum absolute atomic E-state index is 0.344. The van der Waals surface area contributed by atoms with Crippen molar-refractivity contribution in [1.29, 1.82) is 0 Å². The summed E-state index contributed by atoms with van der Waals surface area (Å²) in [6.07, 6.45) is 2.51. The first kappa shape index (κ1) is 18.9. The maximum atomic E-state index is 5.24. The molecular formula is C16H36N2O. The molecule has 0 aromatic carbocycles. The van der Waals surface area contributed by atoms with E-state index in [-0.39, 0.29) is 0 Å². The molecular weight excluding hydrogens is 236 g/mol. The molecule has 0 radical (unpaired) electrons. The smallest absolute Gasteiger partial charge is 0.0589 e. The van der Waals surface area contributed by atoms with E-state index in [0.717, 1.165) is 26.2 Å². The van der Waals surface area contributed by atoms with E-state index in [1.54, 1.807) is 7.11 Å². The lowest BCUT2D eigenvalue weighted by molar-refractivity contribution is 0.0845. The van der Waals surface area contributed by atoms with Gasteiger partial charge in [0.1, 0.15) is 0 Å². The van der Waals surface area contributed by atoms with Crippen LogP contribution < -0.4 is 5.32 Å². The van der Waals surface area contributed by atoms with Crippen LogP contribution >= 0.6 is 0 Å². The fourth-order valence-corrected chi connectivity index (χ4v) is 2.50. The molecule has 1 unspecified atom stereocenters. The molecule has 0 amide bonds. The van der Waals surface area contributed by atoms with Gasteiger partial charge in [-0.05, 0) is 25.7 Å². The molecule has 0 aliphatic heterocycles. The molecule has 0 saturated carbocycles. The lowest BCUT2D eigenvalue weighted by Crippen LogP contribution is -2.47. The van der Waals surface area contributed by atoms with Crippen molar-refractivity contribution in [3.63, 3.8) is 0 Å². The summed E-state index contributed by atoms with van der Waals surface area (Å²) >= 11 is 0. The van der Waals surface area contributed by atoms with Gasteiger partial charge in [0, 0.05) is 38.8 Å². The number of methoxy groups -OCH3 is 1. The third-order valence-electron chi connectivity index (χ3n) is 3.69. The summed E-state index contributed by atoms with van der Waals surface area (Å²) in [7, 11) is 1.78. The van der Waals surface area contributed by atoms with E-state index in [0.29, 0.717) is 17.5 Å². The Hall–Kier alpha value is -0.120. The SMILES string of the molecule is CCCC(C)(CNC(C)C)CN(CCOC)C(C)C. The summed E-state index contributed by atoms with van der Waals surface area (Å²) < 4.78 is 5.24. The first-order valence-corrected chi connectivity index (χ1v) is 7.81. The summed E-state index contributed by atoms with van der Waals surface area (Å²) in [5.74, 6) is 0. The van der Waals surface area contributed by atoms with Gasteiger partial charge in [0.15, 0.2) is 0 Å². The second-order valence-electron chi connectivity index (χ2n) is 6.65. The fourth-order valence-electron chi connectivity index (χ4n) is 2.50. The lowest BCUT2D eigenvalue weighted by Gasteiger charge is -2.38. The molecule has 19 heavy (non-hydrogen) atoms. The maximum absolute atomic E-state index is 5.24. The van der Waals surface area contributed by atoms with Crippen molar-refractivity contribution in [2.24, 2.45) is 5.41 Å². The normalized spacial score (nSPS) is 15.5. The van der Waals surface area contributed by atoms with E-state index >= 15 is 0 Å². The molecule has 1 atom stereocenters. The first-order valence-electron chi connectivity index (χ1n) is 7.81. The molecule has 0 heterocycles. The maximum Gasteiger partial charge on any atom is 0.0589 e. The van der Waals surface area contributed by atoms with Crippen LogP contribution in [-0.4, -0.2) is 50.3 Å². The molecule has 0 aromatic rings. The van der Waals surface area contributed by atoms with Crippen molar-refractivity contribution >= 4 is 0 Å². The molecule has 116 valence electrons. The summed E-state index contributed by atoms with van der Waals surface area (Å²) in [6, 6.07) is 1.13. The zero-order chi connectivity index (χ0) is 14.9. The highest BCUT2D eigenvalue weighted by atomic mass is 16.5. The van der Waals surface area contributed by atoms with Crippen molar-refractivity contribution in [3.05, 3.63) is 0 Å². The number of hydrogen-bond acceptors (Lipinski definition) is 3. The molecule has 0 saturated heterocycles. The van der Waals surface area contributed by atoms with Crippen molar-refractivity contribution < 1.29 is 4.74 Å². The van der Waals surface area contributed by atoms with E-state index in [1.165, 1.54) is 12.8 Å². The van der Waals surface area contributed by atoms with Crippen LogP contribution in [0.5, 0.6) is 0 Å². The number of rotatable bonds is 11. The van der Waals surface area contributed by atoms with Gasteiger partial charge in [-0.3, -0.25) is 4.90 Å². The van der Waals surface area contributed by atoms with Crippen LogP contribution in [0.3, 0.4) is 0 Å². The molecule has 3 nitrogen and oxygen atoms in total. The summed E-state index contributed by atoms with van der Waals surface area (Å²) in [4.78, 5) is 2.54. The van der Waals surface area contributed by atoms with Gasteiger partial charge < -0.3 is 10.1 Å². The van der Waals surface area contributed by atoms with E-state index in [1.807, 2.05) is 0 Å². The number of nitrogens with one attached hydrogen (secondary N) is 1. The highest BCUT2D eigenvalue weighted by molar-refractivity contribution is 4.82. The van der Waals surface area contributed by atoms with E-state index < -0.39 is 0 Å². The Bertz CT molecular complexity index is 219. The highest BCUT2D eigenvalue weighted by Crippen LogP contribution is 2.25. The van der Waals surface area contributed by atoms with Crippen LogP contribution in [0, 0.1) is 5.41 Å². The monoisotopic (exact) mass is 272 g/mol. The molecule has 0 rings (SSSR count). The second-order valence-corrected chi connectivity index (χ2v) is 6.65. The van der Waals surface area contributed by atoms with Gasteiger partial charge in [0.2, 0.25) is 0 Å². The summed E-state index contributed by atoms with van der Waals surface area (Å²) in [5, 5.41) is 3.61. The van der Waals surface area contributed by atoms with Gasteiger partial charge in [-0.25, -0.2) is 0 Å². The fraction of sp³-hybridized carbons (Fsp3) is 1.00. The Labute approximate surface area is 121 Å². The first-order chi connectivity index (χ1) is 8.84. The molecule has 1 N–H and O–H groups in total. The number of hydrogen-bond donors (Lipinski definition) is 1. The molecule has 0 fully saturated rings. The van der Waals surface area contributed by atoms with Crippen LogP contribution in [0.15, 0.2) is 0 Å². The predicted molar refractivity (Wildman–Crippen MR) is 84.7 cm³/mol. The molecule has 0 aromatic heterocycles. The lowest BCUT2D eigenvalue weighted by atomic mass is 9.84. The van der Waals surface area contributed by atoms with Gasteiger partial charge in [-0.2, -0.15) is 0 Å². The van der Waals surface area contributed by atoms with Crippen LogP contribution in [0.1, 0.15) is 54.4 Å². The van der Waals surface area contributed by atoms with Crippen molar-refractivity contribution in [2.45, 2.75) is 66.5 Å². The molecule has 0 aliphatic carbocycles. The Morgan fingerprint density at radius 1 is 1.21 bits per heavy atom. The Morgan fingerprint density at radius 3 is 2.26 bits per heavy atom. The van der Waals surface area contributed by atoms with Crippen LogP contribution in [0.25, 0.3) is 0 Å². The minimum atomic E-state index is 0.344. The van der Waals surface area contributed by atoms with Crippen LogP contribution in [0.2, 0.25) is 0 Å². The predicted octanol–water partition coefficient (Wildman–Crippen LogP) is 3.15. The van der Waals surface area contributed by atoms with Gasteiger partial charge in [0.25, 0.3) is 0 Å². The van der Waals surface area contributed by atoms with Crippen molar-refractivity contribution in [1.82, 2.24) is 10.2 Å². The van der Waals surface area contributed by atoms with Crippen molar-refractivity contribution in [3.8, 4) is 0 Å². The average Bonchev–Trinajstić information content (AvgIpc) is 2.32. The van der Waals surface area contributed by atoms with Crippen LogP contribution in [-0.2, 0) is 4.74 Å². The van der Waals surface area contributed by atoms with Crippen molar-refractivity contribution in [2.75, 3.05) is 33.4 Å². The molecule has 0 aliphatic rings. The van der Waals surface area contributed by atoms with Gasteiger partial charge in [0.05, 0.1) is 6.61 Å². The van der Waals surface area contributed by atoms with E-state index in [9.17, 15) is 0 Å². The molecule has 3 heteroatoms. The van der Waals surface area contributed by atoms with Gasteiger partial charge in [-0.1, -0.05) is 34.1 Å². The van der Waals surface area contributed by atoms with E-state index in [2.05, 4.69) is 51.8 Å². The third-order valence-corrected chi connectivity index (χ3v) is 3.69. The Kier molecular flexibility index (Phi) is 9.67. The molecule has 0 spiro atoms. The standard InChI is InChI=1S/C16H36N2O/c1-8-9-16(6,12-17-14(2)3)13-18(15(4)5)10-11-19-7/h14-15,17H,8-13H2,1-7H3. The van der Waals surface area contributed by atoms with Gasteiger partial charge >= 0.3 is 0 Å². The Balaban J connectivity index is 4.56. The topological polar surface area (TPSA) is 24.5 Å². The summed E-state index contributed by atoms with van der Waals surface area (Å²) in [6.45, 7) is 17.8.